The zero-order valence-electron chi connectivity index (χ0n) is 13.0. The van der Waals surface area contributed by atoms with E-state index in [0.717, 1.165) is 36.3 Å². The number of aromatic nitrogens is 4. The van der Waals surface area contributed by atoms with Crippen LogP contribution < -0.4 is 5.32 Å². The molecule has 1 N–H and O–H groups in total. The van der Waals surface area contributed by atoms with Gasteiger partial charge in [0.1, 0.15) is 18.0 Å². The summed E-state index contributed by atoms with van der Waals surface area (Å²) in [4.78, 5) is 8.88. The van der Waals surface area contributed by atoms with Gasteiger partial charge in [-0.05, 0) is 42.9 Å². The Balaban J connectivity index is 1.70. The highest BCUT2D eigenvalue weighted by atomic mass is 19.1. The van der Waals surface area contributed by atoms with Crippen LogP contribution in [-0.2, 0) is 19.4 Å². The highest BCUT2D eigenvalue weighted by Gasteiger charge is 2.22. The molecule has 118 valence electrons. The first-order valence-electron chi connectivity index (χ1n) is 7.90. The fraction of sp³-hybridized carbons (Fsp3) is 0.353. The van der Waals surface area contributed by atoms with Crippen LogP contribution in [0.3, 0.4) is 0 Å². The third kappa shape index (κ3) is 2.65. The molecule has 3 aromatic rings. The molecule has 0 fully saturated rings. The van der Waals surface area contributed by atoms with Crippen molar-refractivity contribution in [1.82, 2.24) is 19.6 Å². The second-order valence-electron chi connectivity index (χ2n) is 6.19. The van der Waals surface area contributed by atoms with Gasteiger partial charge in [0.2, 0.25) is 0 Å². The van der Waals surface area contributed by atoms with Crippen LogP contribution in [0, 0.1) is 11.7 Å². The molecule has 2 aromatic heterocycles. The highest BCUT2D eigenvalue weighted by molar-refractivity contribution is 5.54. The lowest BCUT2D eigenvalue weighted by atomic mass is 9.88. The average Bonchev–Trinajstić information content (AvgIpc) is 3.01. The predicted octanol–water partition coefficient (Wildman–Crippen LogP) is 3.00. The van der Waals surface area contributed by atoms with Crippen LogP contribution >= 0.6 is 0 Å². The molecule has 2 heterocycles. The van der Waals surface area contributed by atoms with Crippen LogP contribution in [-0.4, -0.2) is 19.6 Å². The number of anilines is 1. The van der Waals surface area contributed by atoms with E-state index in [9.17, 15) is 4.39 Å². The van der Waals surface area contributed by atoms with Crippen molar-refractivity contribution in [2.24, 2.45) is 5.92 Å². The molecule has 0 radical (unpaired) electrons. The number of benzene rings is 1. The predicted molar refractivity (Wildman–Crippen MR) is 85.7 cm³/mol. The zero-order chi connectivity index (χ0) is 15.8. The maximum absolute atomic E-state index is 13.0. The highest BCUT2D eigenvalue weighted by Crippen LogP contribution is 2.30. The first kappa shape index (κ1) is 14.1. The molecular weight excluding hydrogens is 293 g/mol. The standard InChI is InChI=1S/C17H18FN5/c1-11-2-7-14-15(8-11)22-17-20-10-21-23(17)16(14)19-9-12-3-5-13(18)6-4-12/h3-6,10-11,19H,2,7-9H2,1H3/t11-/m1/s1. The van der Waals surface area contributed by atoms with Gasteiger partial charge in [-0.15, -0.1) is 0 Å². The van der Waals surface area contributed by atoms with Crippen molar-refractivity contribution in [3.05, 3.63) is 53.2 Å². The fourth-order valence-electron chi connectivity index (χ4n) is 3.15. The van der Waals surface area contributed by atoms with E-state index >= 15 is 0 Å². The summed E-state index contributed by atoms with van der Waals surface area (Å²) in [5.74, 6) is 2.01. The number of hydrogen-bond donors (Lipinski definition) is 1. The van der Waals surface area contributed by atoms with Gasteiger partial charge in [0.15, 0.2) is 0 Å². The van der Waals surface area contributed by atoms with Crippen molar-refractivity contribution in [3.8, 4) is 0 Å². The smallest absolute Gasteiger partial charge is 0.254 e. The Morgan fingerprint density at radius 1 is 1.30 bits per heavy atom. The summed E-state index contributed by atoms with van der Waals surface area (Å²) in [7, 11) is 0. The van der Waals surface area contributed by atoms with Gasteiger partial charge in [0, 0.05) is 12.1 Å². The first-order chi connectivity index (χ1) is 11.2. The molecule has 6 heteroatoms. The van der Waals surface area contributed by atoms with Gasteiger partial charge in [0.05, 0.1) is 5.69 Å². The van der Waals surface area contributed by atoms with Gasteiger partial charge in [-0.3, -0.25) is 0 Å². The molecule has 1 aliphatic carbocycles. The van der Waals surface area contributed by atoms with E-state index < -0.39 is 0 Å². The normalized spacial score (nSPS) is 17.2. The molecule has 0 saturated carbocycles. The first-order valence-corrected chi connectivity index (χ1v) is 7.90. The van der Waals surface area contributed by atoms with E-state index in [1.165, 1.54) is 24.0 Å². The van der Waals surface area contributed by atoms with Crippen LogP contribution in [0.5, 0.6) is 0 Å². The van der Waals surface area contributed by atoms with E-state index in [1.807, 2.05) is 0 Å². The summed E-state index contributed by atoms with van der Waals surface area (Å²) >= 11 is 0. The fourth-order valence-corrected chi connectivity index (χ4v) is 3.15. The van der Waals surface area contributed by atoms with Crippen LogP contribution in [0.15, 0.2) is 30.6 Å². The Morgan fingerprint density at radius 2 is 2.13 bits per heavy atom. The minimum atomic E-state index is -0.220. The summed E-state index contributed by atoms with van der Waals surface area (Å²) in [6, 6.07) is 6.53. The summed E-state index contributed by atoms with van der Waals surface area (Å²) in [5.41, 5.74) is 3.36. The third-order valence-electron chi connectivity index (χ3n) is 4.41. The van der Waals surface area contributed by atoms with E-state index in [-0.39, 0.29) is 5.82 Å². The van der Waals surface area contributed by atoms with Gasteiger partial charge >= 0.3 is 0 Å². The molecule has 0 unspecified atom stereocenters. The summed E-state index contributed by atoms with van der Waals surface area (Å²) < 4.78 is 14.8. The summed E-state index contributed by atoms with van der Waals surface area (Å²) in [6.45, 7) is 2.87. The quantitative estimate of drug-likeness (QED) is 0.808. The van der Waals surface area contributed by atoms with Crippen LogP contribution in [0.2, 0.25) is 0 Å². The zero-order valence-corrected chi connectivity index (χ0v) is 13.0. The Bertz CT molecular complexity index is 840. The third-order valence-corrected chi connectivity index (χ3v) is 4.41. The molecule has 0 spiro atoms. The maximum Gasteiger partial charge on any atom is 0.254 e. The van der Waals surface area contributed by atoms with Gasteiger partial charge in [-0.1, -0.05) is 19.1 Å². The summed E-state index contributed by atoms with van der Waals surface area (Å²) in [6.07, 6.45) is 4.65. The van der Waals surface area contributed by atoms with Crippen molar-refractivity contribution in [2.45, 2.75) is 32.7 Å². The molecular formula is C17H18FN5. The van der Waals surface area contributed by atoms with E-state index in [4.69, 9.17) is 0 Å². The number of nitrogens with one attached hydrogen (secondary N) is 1. The van der Waals surface area contributed by atoms with E-state index in [2.05, 4.69) is 27.3 Å². The van der Waals surface area contributed by atoms with E-state index in [1.54, 1.807) is 16.6 Å². The van der Waals surface area contributed by atoms with E-state index in [0.29, 0.717) is 18.2 Å². The average molecular weight is 311 g/mol. The van der Waals surface area contributed by atoms with Crippen LogP contribution in [0.1, 0.15) is 30.2 Å². The van der Waals surface area contributed by atoms with Crippen molar-refractivity contribution in [3.63, 3.8) is 0 Å². The number of nitrogens with zero attached hydrogens (tertiary/aromatic N) is 4. The summed E-state index contributed by atoms with van der Waals surface area (Å²) in [5, 5.41) is 7.74. The lowest BCUT2D eigenvalue weighted by Gasteiger charge is -2.23. The molecule has 0 aliphatic heterocycles. The van der Waals surface area contributed by atoms with Crippen molar-refractivity contribution in [1.29, 1.82) is 0 Å². The van der Waals surface area contributed by atoms with Crippen LogP contribution in [0.25, 0.3) is 5.78 Å². The molecule has 1 atom stereocenters. The number of rotatable bonds is 3. The number of hydrogen-bond acceptors (Lipinski definition) is 4. The SMILES string of the molecule is C[C@@H]1CCc2c(nc3ncnn3c2NCc2ccc(F)cc2)C1. The molecule has 23 heavy (non-hydrogen) atoms. The molecule has 5 nitrogen and oxygen atoms in total. The molecule has 1 aliphatic rings. The van der Waals surface area contributed by atoms with Gasteiger partial charge in [-0.25, -0.2) is 9.37 Å². The van der Waals surface area contributed by atoms with Crippen LogP contribution in [0.4, 0.5) is 10.2 Å². The van der Waals surface area contributed by atoms with Crippen molar-refractivity contribution >= 4 is 11.6 Å². The van der Waals surface area contributed by atoms with Gasteiger partial charge in [0.25, 0.3) is 5.78 Å². The Hall–Kier alpha value is -2.50. The minimum absolute atomic E-state index is 0.220. The second kappa shape index (κ2) is 5.61. The van der Waals surface area contributed by atoms with Gasteiger partial charge < -0.3 is 5.32 Å². The number of fused-ring (bicyclic) bond motifs is 2. The topological polar surface area (TPSA) is 55.1 Å². The van der Waals surface area contributed by atoms with Crippen molar-refractivity contribution < 1.29 is 4.39 Å². The molecule has 0 saturated heterocycles. The Morgan fingerprint density at radius 3 is 2.96 bits per heavy atom. The Kier molecular flexibility index (Phi) is 3.44. The number of halogens is 1. The largest absolute Gasteiger partial charge is 0.366 e. The molecule has 0 bridgehead atoms. The molecule has 1 aromatic carbocycles. The maximum atomic E-state index is 13.0. The van der Waals surface area contributed by atoms with Crippen molar-refractivity contribution in [2.75, 3.05) is 5.32 Å². The van der Waals surface area contributed by atoms with Gasteiger partial charge in [-0.2, -0.15) is 14.6 Å². The Labute approximate surface area is 133 Å². The monoisotopic (exact) mass is 311 g/mol. The second-order valence-corrected chi connectivity index (χ2v) is 6.19. The molecule has 4 rings (SSSR count). The lowest BCUT2D eigenvalue weighted by Crippen LogP contribution is -2.19. The minimum Gasteiger partial charge on any atom is -0.366 e. The molecule has 0 amide bonds. The lowest BCUT2D eigenvalue weighted by molar-refractivity contribution is 0.491.